The Morgan fingerprint density at radius 1 is 0.800 bits per heavy atom. The van der Waals surface area contributed by atoms with E-state index in [2.05, 4.69) is 13.8 Å². The average Bonchev–Trinajstić information content (AvgIpc) is 2.43. The first kappa shape index (κ1) is 18.9. The van der Waals surface area contributed by atoms with Gasteiger partial charge in [0.05, 0.1) is 12.5 Å². The zero-order valence-corrected chi connectivity index (χ0v) is 13.4. The van der Waals surface area contributed by atoms with E-state index in [1.54, 1.807) is 0 Å². The van der Waals surface area contributed by atoms with E-state index < -0.39 is 12.1 Å². The molecule has 0 aromatic rings. The van der Waals surface area contributed by atoms with Gasteiger partial charge in [-0.05, 0) is 25.7 Å². The van der Waals surface area contributed by atoms with Crippen LogP contribution in [0, 0.1) is 5.92 Å². The van der Waals surface area contributed by atoms with Crippen molar-refractivity contribution in [2.45, 2.75) is 78.7 Å². The molecule has 0 aromatic heterocycles. The van der Waals surface area contributed by atoms with Gasteiger partial charge in [-0.1, -0.05) is 47.0 Å². The highest BCUT2D eigenvalue weighted by atomic mass is 16.6. The van der Waals surface area contributed by atoms with Crippen molar-refractivity contribution in [3.05, 3.63) is 0 Å². The molecule has 0 N–H and O–H groups in total. The lowest BCUT2D eigenvalue weighted by Crippen LogP contribution is -2.32. The number of hydrogen-bond acceptors (Lipinski definition) is 4. The fourth-order valence-corrected chi connectivity index (χ4v) is 2.10. The maximum Gasteiger partial charge on any atom is 0.347 e. The summed E-state index contributed by atoms with van der Waals surface area (Å²) in [5.74, 6) is -0.752. The van der Waals surface area contributed by atoms with Crippen molar-refractivity contribution in [2.24, 2.45) is 5.92 Å². The molecule has 4 nitrogen and oxygen atoms in total. The second-order valence-corrected chi connectivity index (χ2v) is 5.16. The molecule has 0 saturated carbocycles. The Labute approximate surface area is 123 Å². The molecule has 0 aliphatic carbocycles. The highest BCUT2D eigenvalue weighted by molar-refractivity contribution is 5.80. The highest BCUT2D eigenvalue weighted by Crippen LogP contribution is 2.18. The van der Waals surface area contributed by atoms with Crippen molar-refractivity contribution in [1.29, 1.82) is 0 Å². The summed E-state index contributed by atoms with van der Waals surface area (Å²) in [5.41, 5.74) is 0. The molecule has 0 radical (unpaired) electrons. The summed E-state index contributed by atoms with van der Waals surface area (Å²) < 4.78 is 10.5. The van der Waals surface area contributed by atoms with Crippen molar-refractivity contribution < 1.29 is 19.1 Å². The van der Waals surface area contributed by atoms with Gasteiger partial charge in [0, 0.05) is 0 Å². The summed E-state index contributed by atoms with van der Waals surface area (Å²) in [6.45, 7) is 8.38. The average molecular weight is 286 g/mol. The normalized spacial score (nSPS) is 12.2. The number of carbonyl (C=O) groups excluding carboxylic acids is 2. The van der Waals surface area contributed by atoms with E-state index >= 15 is 0 Å². The van der Waals surface area contributed by atoms with Crippen molar-refractivity contribution in [2.75, 3.05) is 6.61 Å². The highest BCUT2D eigenvalue weighted by Gasteiger charge is 2.27. The monoisotopic (exact) mass is 286 g/mol. The van der Waals surface area contributed by atoms with Gasteiger partial charge < -0.3 is 9.47 Å². The van der Waals surface area contributed by atoms with Gasteiger partial charge in [0.2, 0.25) is 0 Å². The summed E-state index contributed by atoms with van der Waals surface area (Å²) in [6, 6.07) is 0. The Bertz CT molecular complexity index is 270. The van der Waals surface area contributed by atoms with Crippen LogP contribution in [0.1, 0.15) is 72.6 Å². The SMILES string of the molecule is CCCOC(=O)C(CCC)OC(=O)C(CCC)CCC. The van der Waals surface area contributed by atoms with Crippen LogP contribution in [0.4, 0.5) is 0 Å². The minimum Gasteiger partial charge on any atom is -0.463 e. The molecule has 0 amide bonds. The lowest BCUT2D eigenvalue weighted by Gasteiger charge is -2.20. The molecule has 0 spiro atoms. The maximum atomic E-state index is 12.2. The zero-order valence-electron chi connectivity index (χ0n) is 13.4. The summed E-state index contributed by atoms with van der Waals surface area (Å²) in [4.78, 5) is 24.0. The van der Waals surface area contributed by atoms with Gasteiger partial charge in [0.25, 0.3) is 0 Å². The molecule has 1 atom stereocenters. The largest absolute Gasteiger partial charge is 0.463 e. The first-order valence-electron chi connectivity index (χ1n) is 7.97. The molecule has 0 aromatic carbocycles. The summed E-state index contributed by atoms with van der Waals surface area (Å²) in [5, 5.41) is 0. The molecule has 0 fully saturated rings. The first-order valence-corrected chi connectivity index (χ1v) is 7.97. The second kappa shape index (κ2) is 11.7. The van der Waals surface area contributed by atoms with E-state index in [-0.39, 0.29) is 11.9 Å². The molecule has 0 aliphatic rings. The molecule has 4 heteroatoms. The van der Waals surface area contributed by atoms with Gasteiger partial charge >= 0.3 is 11.9 Å². The number of esters is 2. The Balaban J connectivity index is 4.53. The molecule has 0 aliphatic heterocycles. The summed E-state index contributed by atoms with van der Waals surface area (Å²) in [7, 11) is 0. The third kappa shape index (κ3) is 7.51. The van der Waals surface area contributed by atoms with Gasteiger partial charge in [-0.3, -0.25) is 4.79 Å². The molecule has 0 rings (SSSR count). The number of hydrogen-bond donors (Lipinski definition) is 0. The zero-order chi connectivity index (χ0) is 15.4. The van der Waals surface area contributed by atoms with Gasteiger partial charge in [-0.2, -0.15) is 0 Å². The number of ether oxygens (including phenoxy) is 2. The number of rotatable bonds is 11. The lowest BCUT2D eigenvalue weighted by molar-refractivity contribution is -0.171. The van der Waals surface area contributed by atoms with E-state index in [9.17, 15) is 9.59 Å². The van der Waals surface area contributed by atoms with E-state index in [4.69, 9.17) is 9.47 Å². The topological polar surface area (TPSA) is 52.6 Å². The van der Waals surface area contributed by atoms with Crippen LogP contribution >= 0.6 is 0 Å². The summed E-state index contributed by atoms with van der Waals surface area (Å²) >= 11 is 0. The fourth-order valence-electron chi connectivity index (χ4n) is 2.10. The van der Waals surface area contributed by atoms with E-state index in [0.717, 1.165) is 38.5 Å². The van der Waals surface area contributed by atoms with E-state index in [1.807, 2.05) is 13.8 Å². The van der Waals surface area contributed by atoms with Crippen LogP contribution in [-0.2, 0) is 19.1 Å². The Morgan fingerprint density at radius 2 is 1.35 bits per heavy atom. The van der Waals surface area contributed by atoms with Crippen molar-refractivity contribution in [3.63, 3.8) is 0 Å². The van der Waals surface area contributed by atoms with Crippen LogP contribution in [-0.4, -0.2) is 24.6 Å². The van der Waals surface area contributed by atoms with Gasteiger partial charge in [0.1, 0.15) is 0 Å². The van der Waals surface area contributed by atoms with E-state index in [0.29, 0.717) is 13.0 Å². The molecule has 0 saturated heterocycles. The lowest BCUT2D eigenvalue weighted by atomic mass is 9.98. The second-order valence-electron chi connectivity index (χ2n) is 5.16. The summed E-state index contributed by atoms with van der Waals surface area (Å²) in [6.07, 6.45) is 4.86. The van der Waals surface area contributed by atoms with E-state index in [1.165, 1.54) is 0 Å². The van der Waals surface area contributed by atoms with Crippen LogP contribution < -0.4 is 0 Å². The smallest absolute Gasteiger partial charge is 0.347 e. The van der Waals surface area contributed by atoms with Crippen LogP contribution in [0.25, 0.3) is 0 Å². The molecular formula is C16H30O4. The number of carbonyl (C=O) groups is 2. The third-order valence-electron chi connectivity index (χ3n) is 3.13. The minimum atomic E-state index is -0.740. The van der Waals surface area contributed by atoms with Gasteiger partial charge in [-0.15, -0.1) is 0 Å². The standard InChI is InChI=1S/C16H30O4/c1-5-9-13(10-6-2)15(17)20-14(11-7-3)16(18)19-12-8-4/h13-14H,5-12H2,1-4H3. The van der Waals surface area contributed by atoms with Crippen molar-refractivity contribution in [3.8, 4) is 0 Å². The first-order chi connectivity index (χ1) is 9.60. The Kier molecular flexibility index (Phi) is 11.1. The quantitative estimate of drug-likeness (QED) is 0.541. The van der Waals surface area contributed by atoms with Gasteiger partial charge in [-0.25, -0.2) is 4.79 Å². The minimum absolute atomic E-state index is 0.0941. The predicted octanol–water partition coefficient (Wildman–Crippen LogP) is 3.87. The molecule has 20 heavy (non-hydrogen) atoms. The maximum absolute atomic E-state index is 12.2. The molecule has 0 bridgehead atoms. The fraction of sp³-hybridized carbons (Fsp3) is 0.875. The van der Waals surface area contributed by atoms with Crippen LogP contribution in [0.15, 0.2) is 0 Å². The molecule has 1 unspecified atom stereocenters. The predicted molar refractivity (Wildman–Crippen MR) is 79.3 cm³/mol. The van der Waals surface area contributed by atoms with Crippen LogP contribution in [0.2, 0.25) is 0 Å². The molecule has 118 valence electrons. The Morgan fingerprint density at radius 3 is 1.80 bits per heavy atom. The molecular weight excluding hydrogens is 256 g/mol. The third-order valence-corrected chi connectivity index (χ3v) is 3.13. The van der Waals surface area contributed by atoms with Crippen LogP contribution in [0.3, 0.4) is 0 Å². The van der Waals surface area contributed by atoms with Crippen LogP contribution in [0.5, 0.6) is 0 Å². The Hall–Kier alpha value is -1.06. The van der Waals surface area contributed by atoms with Crippen molar-refractivity contribution in [1.82, 2.24) is 0 Å². The van der Waals surface area contributed by atoms with Gasteiger partial charge in [0.15, 0.2) is 6.10 Å². The van der Waals surface area contributed by atoms with Crippen molar-refractivity contribution >= 4 is 11.9 Å². The molecule has 0 heterocycles.